The number of nitrogens with one attached hydrogen (secondary N) is 1. The monoisotopic (exact) mass is 417 g/mol. The molecule has 5 heteroatoms. The van der Waals surface area contributed by atoms with E-state index < -0.39 is 0 Å². The van der Waals surface area contributed by atoms with Crippen molar-refractivity contribution in [1.82, 2.24) is 0 Å². The Bertz CT molecular complexity index is 620. The van der Waals surface area contributed by atoms with Gasteiger partial charge in [0.1, 0.15) is 0 Å². The molecule has 1 fully saturated rings. The molecule has 0 aliphatic carbocycles. The van der Waals surface area contributed by atoms with Crippen LogP contribution in [0, 0.1) is 25.2 Å². The zero-order valence-electron chi connectivity index (χ0n) is 16.1. The molecule has 1 amide bonds. The van der Waals surface area contributed by atoms with Crippen LogP contribution >= 0.6 is 0 Å². The van der Waals surface area contributed by atoms with E-state index in [0.717, 1.165) is 40.9 Å². The zero-order valence-corrected chi connectivity index (χ0v) is 18.9. The smallest absolute Gasteiger partial charge is 0.282 e. The maximum absolute atomic E-state index is 13.0. The van der Waals surface area contributed by atoms with Crippen LogP contribution in [0.15, 0.2) is 12.1 Å². The minimum Gasteiger partial charge on any atom is -0.320 e. The van der Waals surface area contributed by atoms with Gasteiger partial charge in [-0.1, -0.05) is 0 Å². The molecule has 133 valence electrons. The van der Waals surface area contributed by atoms with Crippen LogP contribution in [0.3, 0.4) is 0 Å². The van der Waals surface area contributed by atoms with Gasteiger partial charge in [-0.15, -0.1) is 0 Å². The molecule has 0 bridgehead atoms. The van der Waals surface area contributed by atoms with Gasteiger partial charge in [0.2, 0.25) is 0 Å². The number of benzene rings is 1. The molecule has 1 atom stereocenters. The Labute approximate surface area is 177 Å². The summed E-state index contributed by atoms with van der Waals surface area (Å²) in [5.41, 5.74) is 3.40. The number of likely N-dealkylation sites (N-methyl/N-ethyl adjacent to an activating group) is 1. The molecular formula is C20H30N3OY+. The van der Waals surface area contributed by atoms with E-state index in [1.807, 2.05) is 26.0 Å². The number of anilines is 1. The first-order valence-electron chi connectivity index (χ1n) is 9.11. The summed E-state index contributed by atoms with van der Waals surface area (Å²) in [5.74, 6) is 0.0923. The van der Waals surface area contributed by atoms with Crippen LogP contribution < -0.4 is 5.32 Å². The van der Waals surface area contributed by atoms with Gasteiger partial charge >= 0.3 is 0 Å². The maximum atomic E-state index is 13.0. The fraction of sp³-hybridized carbons (Fsp3) is 0.600. The molecule has 1 unspecified atom stereocenters. The topological polar surface area (TPSA) is 52.9 Å². The predicted molar refractivity (Wildman–Crippen MR) is 97.7 cm³/mol. The van der Waals surface area contributed by atoms with E-state index in [1.54, 1.807) is 0 Å². The normalized spacial score (nSPS) is 17.6. The third-order valence-corrected chi connectivity index (χ3v) is 5.70. The first kappa shape index (κ1) is 22.3. The second kappa shape index (κ2) is 9.81. The number of hydrogen-bond donors (Lipinski definition) is 1. The third kappa shape index (κ3) is 5.12. The fourth-order valence-corrected chi connectivity index (χ4v) is 4.00. The van der Waals surface area contributed by atoms with E-state index in [2.05, 4.69) is 25.2 Å². The fourth-order valence-electron chi connectivity index (χ4n) is 4.00. The number of nitriles is 1. The molecule has 0 aromatic heterocycles. The Morgan fingerprint density at radius 1 is 1.20 bits per heavy atom. The Balaban J connectivity index is 0.00000312. The Morgan fingerprint density at radius 2 is 1.72 bits per heavy atom. The standard InChI is InChI=1S/C20H29N3O.Y/c1-5-23(10-8-6-7-9-11-23)17(4)20(24)22-19-15(2)12-18(14-21)13-16(19)3;/h12-13,17H,5-11H2,1-4H3;/p+1. The summed E-state index contributed by atoms with van der Waals surface area (Å²) >= 11 is 0. The molecular weight excluding hydrogens is 387 g/mol. The van der Waals surface area contributed by atoms with Crippen molar-refractivity contribution in [3.63, 3.8) is 0 Å². The van der Waals surface area contributed by atoms with Gasteiger partial charge in [0.25, 0.3) is 5.91 Å². The predicted octanol–water partition coefficient (Wildman–Crippen LogP) is 3.91. The average molecular weight is 417 g/mol. The number of quaternary nitrogens is 1. The third-order valence-electron chi connectivity index (χ3n) is 5.70. The van der Waals surface area contributed by atoms with Gasteiger partial charge < -0.3 is 9.80 Å². The Kier molecular flexibility index (Phi) is 8.74. The number of carbonyl (C=O) groups is 1. The van der Waals surface area contributed by atoms with Gasteiger partial charge in [0.05, 0.1) is 31.3 Å². The van der Waals surface area contributed by atoms with Gasteiger partial charge in [-0.3, -0.25) is 4.79 Å². The van der Waals surface area contributed by atoms with Crippen LogP contribution in [0.25, 0.3) is 0 Å². The van der Waals surface area contributed by atoms with Crippen molar-refractivity contribution in [2.75, 3.05) is 25.0 Å². The summed E-state index contributed by atoms with van der Waals surface area (Å²) in [6.45, 7) is 11.4. The maximum Gasteiger partial charge on any atom is 0.282 e. The summed E-state index contributed by atoms with van der Waals surface area (Å²) in [4.78, 5) is 13.0. The number of aryl methyl sites for hydroxylation is 2. The van der Waals surface area contributed by atoms with Crippen molar-refractivity contribution in [1.29, 1.82) is 5.26 Å². The second-order valence-corrected chi connectivity index (χ2v) is 7.16. The Morgan fingerprint density at radius 3 is 2.16 bits per heavy atom. The summed E-state index contributed by atoms with van der Waals surface area (Å²) < 4.78 is 0.889. The molecule has 0 saturated carbocycles. The van der Waals surface area contributed by atoms with Crippen LogP contribution in [0.4, 0.5) is 5.69 Å². The molecule has 2 rings (SSSR count). The van der Waals surface area contributed by atoms with E-state index in [1.165, 1.54) is 25.7 Å². The molecule has 1 N–H and O–H groups in total. The molecule has 1 aliphatic rings. The van der Waals surface area contributed by atoms with Gasteiger partial charge in [-0.2, -0.15) is 5.26 Å². The van der Waals surface area contributed by atoms with E-state index >= 15 is 0 Å². The minimum absolute atomic E-state index is 0. The van der Waals surface area contributed by atoms with Crippen molar-refractivity contribution >= 4 is 11.6 Å². The van der Waals surface area contributed by atoms with Crippen LogP contribution in [0.5, 0.6) is 0 Å². The van der Waals surface area contributed by atoms with Crippen LogP contribution in [-0.4, -0.2) is 36.1 Å². The van der Waals surface area contributed by atoms with Gasteiger partial charge in [0.15, 0.2) is 6.04 Å². The number of amides is 1. The summed E-state index contributed by atoms with van der Waals surface area (Å²) in [6.07, 6.45) is 4.98. The number of likely N-dealkylation sites (tertiary alicyclic amines) is 1. The minimum atomic E-state index is -0.0532. The molecule has 1 saturated heterocycles. The average Bonchev–Trinajstić information content (AvgIpc) is 2.83. The summed E-state index contributed by atoms with van der Waals surface area (Å²) in [5, 5.41) is 12.2. The van der Waals surface area contributed by atoms with E-state index in [4.69, 9.17) is 5.26 Å². The van der Waals surface area contributed by atoms with E-state index in [-0.39, 0.29) is 44.7 Å². The van der Waals surface area contributed by atoms with Gasteiger partial charge in [-0.05, 0) is 76.6 Å². The van der Waals surface area contributed by atoms with Crippen LogP contribution in [-0.2, 0) is 37.5 Å². The van der Waals surface area contributed by atoms with Gasteiger partial charge in [0, 0.05) is 38.4 Å². The first-order valence-corrected chi connectivity index (χ1v) is 9.11. The van der Waals surface area contributed by atoms with Crippen molar-refractivity contribution in [3.05, 3.63) is 28.8 Å². The first-order chi connectivity index (χ1) is 11.4. The quantitative estimate of drug-likeness (QED) is 0.756. The van der Waals surface area contributed by atoms with Crippen molar-refractivity contribution in [2.45, 2.75) is 59.4 Å². The molecule has 0 spiro atoms. The molecule has 1 heterocycles. The largest absolute Gasteiger partial charge is 0.320 e. The number of hydrogen-bond acceptors (Lipinski definition) is 2. The van der Waals surface area contributed by atoms with Crippen LogP contribution in [0.1, 0.15) is 56.2 Å². The van der Waals surface area contributed by atoms with E-state index in [0.29, 0.717) is 5.56 Å². The van der Waals surface area contributed by atoms with E-state index in [9.17, 15) is 4.79 Å². The zero-order chi connectivity index (χ0) is 17.7. The van der Waals surface area contributed by atoms with Crippen molar-refractivity contribution in [2.24, 2.45) is 0 Å². The summed E-state index contributed by atoms with van der Waals surface area (Å²) in [7, 11) is 0. The molecule has 25 heavy (non-hydrogen) atoms. The molecule has 4 nitrogen and oxygen atoms in total. The molecule has 1 radical (unpaired) electrons. The van der Waals surface area contributed by atoms with Gasteiger partial charge in [-0.25, -0.2) is 0 Å². The van der Waals surface area contributed by atoms with Crippen LogP contribution in [0.2, 0.25) is 0 Å². The SMILES string of the molecule is CC[N+]1(C(C)C(=O)Nc2c(C)cc(C#N)cc2C)CCCCCC1.[Y]. The number of carbonyl (C=O) groups excluding carboxylic acids is 1. The summed E-state index contributed by atoms with van der Waals surface area (Å²) in [6, 6.07) is 5.79. The number of nitrogens with zero attached hydrogens (tertiary/aromatic N) is 2. The van der Waals surface area contributed by atoms with Crippen molar-refractivity contribution in [3.8, 4) is 6.07 Å². The molecule has 1 aromatic rings. The molecule has 1 aliphatic heterocycles. The molecule has 1 aromatic carbocycles. The Hall–Kier alpha value is -0.756. The second-order valence-electron chi connectivity index (χ2n) is 7.16. The number of rotatable bonds is 4. The van der Waals surface area contributed by atoms with Crippen molar-refractivity contribution < 1.29 is 42.0 Å².